The van der Waals surface area contributed by atoms with Crippen molar-refractivity contribution in [1.82, 2.24) is 10.3 Å². The highest BCUT2D eigenvalue weighted by Crippen LogP contribution is 2.21. The van der Waals surface area contributed by atoms with Gasteiger partial charge in [-0.3, -0.25) is 4.79 Å². The molecule has 0 saturated heterocycles. The summed E-state index contributed by atoms with van der Waals surface area (Å²) >= 11 is 0. The molecule has 8 heteroatoms. The highest BCUT2D eigenvalue weighted by Gasteiger charge is 2.25. The molecule has 0 aliphatic rings. The van der Waals surface area contributed by atoms with Gasteiger partial charge in [0.25, 0.3) is 5.91 Å². The smallest absolute Gasteiger partial charge is 0.389 e. The van der Waals surface area contributed by atoms with E-state index in [0.29, 0.717) is 0 Å². The standard InChI is InChI=1S/C12H13F3N2O3/c13-12(14,15)5-1-2-6-16-10(18)8-3-4-9(11(19)20)17-7-8/h3-4,7H,1-2,5-6H2,(H,16,18)(H,19,20). The molecule has 1 aromatic heterocycles. The Hall–Kier alpha value is -2.12. The molecule has 0 spiro atoms. The van der Waals surface area contributed by atoms with Crippen molar-refractivity contribution in [3.8, 4) is 0 Å². The van der Waals surface area contributed by atoms with Crippen LogP contribution in [0.4, 0.5) is 13.2 Å². The fourth-order valence-electron chi connectivity index (χ4n) is 1.41. The van der Waals surface area contributed by atoms with Crippen LogP contribution in [0, 0.1) is 0 Å². The number of unbranched alkanes of at least 4 members (excludes halogenated alkanes) is 1. The Balaban J connectivity index is 2.34. The average Bonchev–Trinajstić information content (AvgIpc) is 2.37. The van der Waals surface area contributed by atoms with Crippen LogP contribution < -0.4 is 5.32 Å². The number of carboxylic acid groups (broad SMARTS) is 1. The molecule has 110 valence electrons. The van der Waals surface area contributed by atoms with E-state index in [1.807, 2.05) is 0 Å². The highest BCUT2D eigenvalue weighted by atomic mass is 19.4. The molecule has 2 N–H and O–H groups in total. The topological polar surface area (TPSA) is 79.3 Å². The van der Waals surface area contributed by atoms with Crippen LogP contribution in [0.5, 0.6) is 0 Å². The van der Waals surface area contributed by atoms with Crippen molar-refractivity contribution in [2.75, 3.05) is 6.54 Å². The van der Waals surface area contributed by atoms with Crippen molar-refractivity contribution >= 4 is 11.9 Å². The Morgan fingerprint density at radius 3 is 2.45 bits per heavy atom. The van der Waals surface area contributed by atoms with Crippen LogP contribution >= 0.6 is 0 Å². The third-order valence-corrected chi connectivity index (χ3v) is 2.42. The molecule has 1 aromatic rings. The van der Waals surface area contributed by atoms with E-state index >= 15 is 0 Å². The fourth-order valence-corrected chi connectivity index (χ4v) is 1.41. The normalized spacial score (nSPS) is 11.2. The van der Waals surface area contributed by atoms with Crippen LogP contribution in [0.1, 0.15) is 40.1 Å². The Morgan fingerprint density at radius 1 is 1.25 bits per heavy atom. The van der Waals surface area contributed by atoms with Crippen LogP contribution in [0.25, 0.3) is 0 Å². The Morgan fingerprint density at radius 2 is 1.95 bits per heavy atom. The van der Waals surface area contributed by atoms with Crippen LogP contribution in [0.2, 0.25) is 0 Å². The van der Waals surface area contributed by atoms with Crippen molar-refractivity contribution in [2.45, 2.75) is 25.4 Å². The number of alkyl halides is 3. The van der Waals surface area contributed by atoms with Crippen molar-refractivity contribution < 1.29 is 27.9 Å². The maximum Gasteiger partial charge on any atom is 0.389 e. The van der Waals surface area contributed by atoms with E-state index in [1.54, 1.807) is 0 Å². The lowest BCUT2D eigenvalue weighted by atomic mass is 10.2. The quantitative estimate of drug-likeness (QED) is 0.787. The number of hydrogen-bond donors (Lipinski definition) is 2. The minimum atomic E-state index is -4.18. The number of aromatic carboxylic acids is 1. The van der Waals surface area contributed by atoms with Gasteiger partial charge < -0.3 is 10.4 Å². The Bertz CT molecular complexity index is 472. The molecule has 1 heterocycles. The lowest BCUT2D eigenvalue weighted by Gasteiger charge is -2.07. The molecule has 1 amide bonds. The molecular weight excluding hydrogens is 277 g/mol. The molecule has 20 heavy (non-hydrogen) atoms. The van der Waals surface area contributed by atoms with Gasteiger partial charge in [-0.2, -0.15) is 13.2 Å². The molecule has 0 aliphatic carbocycles. The first kappa shape index (κ1) is 15.9. The minimum absolute atomic E-state index is 0.0556. The molecule has 0 atom stereocenters. The molecule has 0 radical (unpaired) electrons. The van der Waals surface area contributed by atoms with Gasteiger partial charge in [-0.25, -0.2) is 9.78 Å². The molecule has 5 nitrogen and oxygen atoms in total. The zero-order valence-corrected chi connectivity index (χ0v) is 10.4. The summed E-state index contributed by atoms with van der Waals surface area (Å²) in [5.74, 6) is -1.70. The maximum atomic E-state index is 11.9. The number of hydrogen-bond acceptors (Lipinski definition) is 3. The number of pyridine rings is 1. The second-order valence-corrected chi connectivity index (χ2v) is 4.07. The first-order chi connectivity index (χ1) is 9.29. The predicted octanol–water partition coefficient (Wildman–Crippen LogP) is 2.24. The number of carboxylic acids is 1. The fraction of sp³-hybridized carbons (Fsp3) is 0.417. The van der Waals surface area contributed by atoms with E-state index in [1.165, 1.54) is 12.1 Å². The maximum absolute atomic E-state index is 11.9. The zero-order chi connectivity index (χ0) is 15.2. The van der Waals surface area contributed by atoms with E-state index in [4.69, 9.17) is 5.11 Å². The molecule has 0 bridgehead atoms. The highest BCUT2D eigenvalue weighted by molar-refractivity contribution is 5.94. The summed E-state index contributed by atoms with van der Waals surface area (Å²) in [7, 11) is 0. The second-order valence-electron chi connectivity index (χ2n) is 4.07. The van der Waals surface area contributed by atoms with Gasteiger partial charge in [-0.1, -0.05) is 0 Å². The number of carbonyl (C=O) groups is 2. The van der Waals surface area contributed by atoms with E-state index in [2.05, 4.69) is 10.3 Å². The number of carbonyl (C=O) groups excluding carboxylic acids is 1. The van der Waals surface area contributed by atoms with E-state index < -0.39 is 24.5 Å². The van der Waals surface area contributed by atoms with Gasteiger partial charge in [-0.15, -0.1) is 0 Å². The Labute approximate surface area is 112 Å². The predicted molar refractivity (Wildman–Crippen MR) is 63.4 cm³/mol. The minimum Gasteiger partial charge on any atom is -0.477 e. The van der Waals surface area contributed by atoms with Crippen LogP contribution in [0.3, 0.4) is 0 Å². The van der Waals surface area contributed by atoms with Crippen LogP contribution in [-0.4, -0.2) is 34.7 Å². The van der Waals surface area contributed by atoms with Crippen LogP contribution in [0.15, 0.2) is 18.3 Å². The summed E-state index contributed by atoms with van der Waals surface area (Å²) in [6.07, 6.45) is -3.79. The van der Waals surface area contributed by atoms with Crippen molar-refractivity contribution in [1.29, 1.82) is 0 Å². The van der Waals surface area contributed by atoms with Crippen molar-refractivity contribution in [3.05, 3.63) is 29.6 Å². The summed E-state index contributed by atoms with van der Waals surface area (Å²) in [6, 6.07) is 2.47. The molecule has 1 rings (SSSR count). The van der Waals surface area contributed by atoms with Gasteiger partial charge >= 0.3 is 12.1 Å². The molecule has 0 saturated carbocycles. The molecule has 0 aliphatic heterocycles. The van der Waals surface area contributed by atoms with Gasteiger partial charge in [0, 0.05) is 19.2 Å². The number of nitrogens with zero attached hydrogens (tertiary/aromatic N) is 1. The molecular formula is C12H13F3N2O3. The largest absolute Gasteiger partial charge is 0.477 e. The summed E-state index contributed by atoms with van der Waals surface area (Å²) < 4.78 is 35.6. The number of amides is 1. The van der Waals surface area contributed by atoms with E-state index in [0.717, 1.165) is 6.20 Å². The average molecular weight is 290 g/mol. The van der Waals surface area contributed by atoms with Crippen molar-refractivity contribution in [2.24, 2.45) is 0 Å². The first-order valence-corrected chi connectivity index (χ1v) is 5.84. The lowest BCUT2D eigenvalue weighted by Crippen LogP contribution is -2.25. The van der Waals surface area contributed by atoms with Crippen LogP contribution in [-0.2, 0) is 0 Å². The summed E-state index contributed by atoms with van der Waals surface area (Å²) in [6.45, 7) is 0.121. The molecule has 0 aromatic carbocycles. The molecule has 0 unspecified atom stereocenters. The van der Waals surface area contributed by atoms with Gasteiger partial charge in [0.1, 0.15) is 5.69 Å². The second kappa shape index (κ2) is 6.88. The van der Waals surface area contributed by atoms with Crippen molar-refractivity contribution in [3.63, 3.8) is 0 Å². The lowest BCUT2D eigenvalue weighted by molar-refractivity contribution is -0.135. The first-order valence-electron chi connectivity index (χ1n) is 5.84. The summed E-state index contributed by atoms with van der Waals surface area (Å²) in [5.41, 5.74) is -0.0300. The summed E-state index contributed by atoms with van der Waals surface area (Å²) in [4.78, 5) is 25.7. The van der Waals surface area contributed by atoms with E-state index in [-0.39, 0.29) is 30.6 Å². The van der Waals surface area contributed by atoms with E-state index in [9.17, 15) is 22.8 Å². The SMILES string of the molecule is O=C(NCCCCC(F)(F)F)c1ccc(C(=O)O)nc1. The molecule has 0 fully saturated rings. The third kappa shape index (κ3) is 5.68. The zero-order valence-electron chi connectivity index (χ0n) is 10.4. The summed E-state index contributed by atoms with van der Waals surface area (Å²) in [5, 5.41) is 11.1. The number of halogens is 3. The number of aromatic nitrogens is 1. The number of rotatable bonds is 6. The monoisotopic (exact) mass is 290 g/mol. The third-order valence-electron chi connectivity index (χ3n) is 2.42. The van der Waals surface area contributed by atoms with Gasteiger partial charge in [-0.05, 0) is 25.0 Å². The Kier molecular flexibility index (Phi) is 5.48. The van der Waals surface area contributed by atoms with Gasteiger partial charge in [0.05, 0.1) is 5.56 Å². The van der Waals surface area contributed by atoms with Gasteiger partial charge in [0.15, 0.2) is 0 Å². The number of nitrogens with one attached hydrogen (secondary N) is 1. The van der Waals surface area contributed by atoms with Gasteiger partial charge in [0.2, 0.25) is 0 Å².